The molecule has 0 aliphatic heterocycles. The van der Waals surface area contributed by atoms with E-state index in [4.69, 9.17) is 16.3 Å². The maximum absolute atomic E-state index is 12.7. The van der Waals surface area contributed by atoms with Gasteiger partial charge in [0.05, 0.1) is 4.90 Å². The molecule has 0 saturated heterocycles. The number of rotatable bonds is 7. The Kier molecular flexibility index (Phi) is 5.98. The van der Waals surface area contributed by atoms with Crippen molar-refractivity contribution in [2.45, 2.75) is 31.3 Å². The zero-order valence-corrected chi connectivity index (χ0v) is 17.1. The molecule has 0 aliphatic rings. The minimum absolute atomic E-state index is 0.110. The Bertz CT molecular complexity index is 1020. The van der Waals surface area contributed by atoms with Gasteiger partial charge in [0.2, 0.25) is 5.13 Å². The first-order valence-electron chi connectivity index (χ1n) is 8.23. The number of ether oxygens (including phenoxy) is 1. The van der Waals surface area contributed by atoms with Crippen LogP contribution in [0, 0.1) is 6.92 Å². The van der Waals surface area contributed by atoms with Gasteiger partial charge in [-0.05, 0) is 43.2 Å². The molecule has 0 fully saturated rings. The molecule has 0 spiro atoms. The predicted molar refractivity (Wildman–Crippen MR) is 107 cm³/mol. The fourth-order valence-corrected chi connectivity index (χ4v) is 5.01. The lowest BCUT2D eigenvalue weighted by molar-refractivity contribution is 0.200. The highest BCUT2D eigenvalue weighted by Gasteiger charge is 2.22. The SMILES string of the molecule is CCC(Oc1ccccc1)c1nnc(NS(=O)(=O)c2cccc(Cl)c2C)s1. The van der Waals surface area contributed by atoms with Gasteiger partial charge in [-0.15, -0.1) is 10.2 Å². The molecule has 3 aromatic rings. The van der Waals surface area contributed by atoms with Gasteiger partial charge >= 0.3 is 0 Å². The molecule has 0 bridgehead atoms. The van der Waals surface area contributed by atoms with Gasteiger partial charge < -0.3 is 4.74 Å². The minimum Gasteiger partial charge on any atom is -0.483 e. The Labute approximate surface area is 167 Å². The van der Waals surface area contributed by atoms with E-state index in [1.54, 1.807) is 19.1 Å². The summed E-state index contributed by atoms with van der Waals surface area (Å²) in [5, 5.41) is 9.21. The van der Waals surface area contributed by atoms with Gasteiger partial charge in [-0.3, -0.25) is 4.72 Å². The Balaban J connectivity index is 1.79. The first-order valence-corrected chi connectivity index (χ1v) is 10.9. The third-order valence-corrected chi connectivity index (χ3v) is 6.79. The Morgan fingerprint density at radius 2 is 1.89 bits per heavy atom. The maximum Gasteiger partial charge on any atom is 0.264 e. The lowest BCUT2D eigenvalue weighted by atomic mass is 10.2. The summed E-state index contributed by atoms with van der Waals surface area (Å²) in [6.07, 6.45) is 0.361. The molecule has 1 aromatic heterocycles. The van der Waals surface area contributed by atoms with Crippen LogP contribution >= 0.6 is 22.9 Å². The van der Waals surface area contributed by atoms with Crippen molar-refractivity contribution >= 4 is 38.1 Å². The van der Waals surface area contributed by atoms with Crippen LogP contribution in [-0.2, 0) is 10.0 Å². The molecule has 1 unspecified atom stereocenters. The predicted octanol–water partition coefficient (Wildman–Crippen LogP) is 4.83. The van der Waals surface area contributed by atoms with Crippen LogP contribution in [0.15, 0.2) is 53.4 Å². The van der Waals surface area contributed by atoms with Crippen molar-refractivity contribution in [3.8, 4) is 5.75 Å². The quantitative estimate of drug-likeness (QED) is 0.588. The van der Waals surface area contributed by atoms with Gasteiger partial charge in [-0.1, -0.05) is 54.1 Å². The standard InChI is InChI=1S/C18H18ClN3O3S2/c1-3-15(25-13-8-5-4-6-9-13)17-20-21-18(26-17)22-27(23,24)16-11-7-10-14(19)12(16)2/h4-11,15H,3H2,1-2H3,(H,21,22). The molecule has 0 amide bonds. The van der Waals surface area contributed by atoms with Crippen LogP contribution in [0.1, 0.15) is 30.0 Å². The number of para-hydroxylation sites is 1. The molecule has 1 heterocycles. The summed E-state index contributed by atoms with van der Waals surface area (Å²) in [5.74, 6) is 0.719. The average Bonchev–Trinajstić information content (AvgIpc) is 3.10. The lowest BCUT2D eigenvalue weighted by Crippen LogP contribution is -2.14. The van der Waals surface area contributed by atoms with Crippen LogP contribution < -0.4 is 9.46 Å². The molecule has 142 valence electrons. The number of anilines is 1. The molecule has 0 aliphatic carbocycles. The summed E-state index contributed by atoms with van der Waals surface area (Å²) in [6.45, 7) is 3.62. The van der Waals surface area contributed by atoms with E-state index in [-0.39, 0.29) is 16.1 Å². The van der Waals surface area contributed by atoms with E-state index >= 15 is 0 Å². The summed E-state index contributed by atoms with van der Waals surface area (Å²) in [7, 11) is -3.81. The third kappa shape index (κ3) is 4.58. The minimum atomic E-state index is -3.81. The summed E-state index contributed by atoms with van der Waals surface area (Å²) in [4.78, 5) is 0.110. The van der Waals surface area contributed by atoms with Crippen molar-refractivity contribution in [2.75, 3.05) is 4.72 Å². The monoisotopic (exact) mass is 423 g/mol. The zero-order chi connectivity index (χ0) is 19.4. The van der Waals surface area contributed by atoms with Crippen LogP contribution in [0.4, 0.5) is 5.13 Å². The Morgan fingerprint density at radius 3 is 2.59 bits per heavy atom. The first-order chi connectivity index (χ1) is 12.9. The summed E-state index contributed by atoms with van der Waals surface area (Å²) < 4.78 is 33.7. The number of benzene rings is 2. The second kappa shape index (κ2) is 8.24. The highest BCUT2D eigenvalue weighted by atomic mass is 35.5. The third-order valence-electron chi connectivity index (χ3n) is 3.84. The number of nitrogens with one attached hydrogen (secondary N) is 1. The van der Waals surface area contributed by atoms with Gasteiger partial charge in [0.25, 0.3) is 10.0 Å². The van der Waals surface area contributed by atoms with E-state index in [9.17, 15) is 8.42 Å². The topological polar surface area (TPSA) is 81.2 Å². The number of halogens is 1. The number of hydrogen-bond acceptors (Lipinski definition) is 6. The largest absolute Gasteiger partial charge is 0.483 e. The van der Waals surface area contributed by atoms with Gasteiger partial charge in [-0.25, -0.2) is 8.42 Å². The highest BCUT2D eigenvalue weighted by Crippen LogP contribution is 2.30. The van der Waals surface area contributed by atoms with Crippen molar-refractivity contribution in [1.82, 2.24) is 10.2 Å². The smallest absolute Gasteiger partial charge is 0.264 e. The van der Waals surface area contributed by atoms with E-state index in [1.807, 2.05) is 37.3 Å². The molecule has 27 heavy (non-hydrogen) atoms. The summed E-state index contributed by atoms with van der Waals surface area (Å²) >= 11 is 7.18. The molecule has 0 radical (unpaired) electrons. The van der Waals surface area contributed by atoms with Crippen molar-refractivity contribution < 1.29 is 13.2 Å². The highest BCUT2D eigenvalue weighted by molar-refractivity contribution is 7.93. The Hall–Kier alpha value is -2.16. The van der Waals surface area contributed by atoms with Crippen molar-refractivity contribution in [1.29, 1.82) is 0 Å². The fraction of sp³-hybridized carbons (Fsp3) is 0.222. The maximum atomic E-state index is 12.7. The average molecular weight is 424 g/mol. The molecular weight excluding hydrogens is 406 g/mol. The van der Waals surface area contributed by atoms with E-state index in [0.717, 1.165) is 17.1 Å². The molecule has 2 aromatic carbocycles. The van der Waals surface area contributed by atoms with Gasteiger partial charge in [0.15, 0.2) is 11.1 Å². The van der Waals surface area contributed by atoms with Crippen molar-refractivity contribution in [3.05, 3.63) is 64.1 Å². The van der Waals surface area contributed by atoms with Crippen molar-refractivity contribution in [3.63, 3.8) is 0 Å². The first kappa shape index (κ1) is 19.6. The second-order valence-electron chi connectivity index (χ2n) is 5.74. The van der Waals surface area contributed by atoms with Gasteiger partial charge in [0, 0.05) is 5.02 Å². The van der Waals surface area contributed by atoms with E-state index in [2.05, 4.69) is 14.9 Å². The number of nitrogens with zero attached hydrogens (tertiary/aromatic N) is 2. The summed E-state index contributed by atoms with van der Waals surface area (Å²) in [5.41, 5.74) is 0.482. The van der Waals surface area contributed by atoms with Crippen molar-refractivity contribution in [2.24, 2.45) is 0 Å². The summed E-state index contributed by atoms with van der Waals surface area (Å²) in [6, 6.07) is 14.1. The van der Waals surface area contributed by atoms with E-state index < -0.39 is 10.0 Å². The second-order valence-corrected chi connectivity index (χ2v) is 8.81. The van der Waals surface area contributed by atoms with E-state index in [1.165, 1.54) is 6.07 Å². The van der Waals surface area contributed by atoms with Crippen LogP contribution in [0.25, 0.3) is 0 Å². The molecule has 6 nitrogen and oxygen atoms in total. The molecule has 1 N–H and O–H groups in total. The fourth-order valence-electron chi connectivity index (χ4n) is 2.43. The molecular formula is C18H18ClN3O3S2. The zero-order valence-electron chi connectivity index (χ0n) is 14.7. The van der Waals surface area contributed by atoms with Gasteiger partial charge in [0.1, 0.15) is 5.75 Å². The van der Waals surface area contributed by atoms with Crippen LogP contribution in [0.5, 0.6) is 5.75 Å². The number of aromatic nitrogens is 2. The Morgan fingerprint density at radius 1 is 1.15 bits per heavy atom. The van der Waals surface area contributed by atoms with Crippen LogP contribution in [0.3, 0.4) is 0 Å². The van der Waals surface area contributed by atoms with Crippen LogP contribution in [0.2, 0.25) is 5.02 Å². The van der Waals surface area contributed by atoms with E-state index in [0.29, 0.717) is 22.0 Å². The number of sulfonamides is 1. The molecule has 1 atom stereocenters. The normalized spacial score (nSPS) is 12.6. The van der Waals surface area contributed by atoms with Crippen LogP contribution in [-0.4, -0.2) is 18.6 Å². The molecule has 0 saturated carbocycles. The lowest BCUT2D eigenvalue weighted by Gasteiger charge is -2.14. The molecule has 3 rings (SSSR count). The van der Waals surface area contributed by atoms with Gasteiger partial charge in [-0.2, -0.15) is 0 Å². The number of hydrogen-bond donors (Lipinski definition) is 1. The molecule has 9 heteroatoms.